The summed E-state index contributed by atoms with van der Waals surface area (Å²) in [7, 11) is 0. The van der Waals surface area contributed by atoms with Gasteiger partial charge in [0.25, 0.3) is 0 Å². The number of carbonyl (C=O) groups is 7. The van der Waals surface area contributed by atoms with E-state index in [0.29, 0.717) is 129 Å². The number of rotatable bonds is 41. The zero-order chi connectivity index (χ0) is 48.1. The molecule has 0 heterocycles. The number of nitrogens with two attached hydrogens (primary N) is 8. The van der Waals surface area contributed by atoms with E-state index in [-0.39, 0.29) is 37.0 Å². The number of Topliss-reactive ketones (excluding diaryl/α,β-unsaturated/α-hetero) is 1. The fourth-order valence-electron chi connectivity index (χ4n) is 6.74. The van der Waals surface area contributed by atoms with Crippen LogP contribution < -0.4 is 77.8 Å². The molecule has 372 valence electrons. The monoisotopic (exact) mass is 913 g/mol. The molecule has 0 spiro atoms. The lowest BCUT2D eigenvalue weighted by atomic mass is 10.0. The summed E-state index contributed by atoms with van der Waals surface area (Å²) < 4.78 is 0. The largest absolute Gasteiger partial charge is 0.355 e. The van der Waals surface area contributed by atoms with E-state index in [1.54, 1.807) is 0 Å². The van der Waals surface area contributed by atoms with E-state index in [1.165, 1.54) is 6.92 Å². The molecule has 0 fully saturated rings. The molecule has 21 heteroatoms. The van der Waals surface area contributed by atoms with Crippen LogP contribution >= 0.6 is 0 Å². The summed E-state index contributed by atoms with van der Waals surface area (Å²) in [4.78, 5) is 90.3. The number of hydrogen-bond acceptors (Lipinski definition) is 15. The van der Waals surface area contributed by atoms with Crippen LogP contribution in [0.4, 0.5) is 0 Å². The third-order valence-electron chi connectivity index (χ3n) is 11.0. The molecule has 0 aliphatic heterocycles. The van der Waals surface area contributed by atoms with Gasteiger partial charge in [0.05, 0.1) is 30.2 Å². The van der Waals surface area contributed by atoms with Crippen molar-refractivity contribution in [3.8, 4) is 0 Å². The average Bonchev–Trinajstić information content (AvgIpc) is 3.26. The van der Waals surface area contributed by atoms with Crippen molar-refractivity contribution in [2.45, 2.75) is 184 Å². The zero-order valence-electron chi connectivity index (χ0n) is 38.8. The zero-order valence-corrected chi connectivity index (χ0v) is 38.8. The van der Waals surface area contributed by atoms with Crippen LogP contribution in [0.2, 0.25) is 0 Å². The Kier molecular flexibility index (Phi) is 36.1. The van der Waals surface area contributed by atoms with Crippen LogP contribution in [-0.2, 0) is 33.6 Å². The minimum Gasteiger partial charge on any atom is -0.355 e. The van der Waals surface area contributed by atoms with E-state index in [1.807, 2.05) is 0 Å². The highest BCUT2D eigenvalue weighted by atomic mass is 16.2. The molecule has 0 aromatic heterocycles. The van der Waals surface area contributed by atoms with Crippen LogP contribution in [0, 0.1) is 0 Å². The van der Waals surface area contributed by atoms with Crippen molar-refractivity contribution < 1.29 is 33.6 Å². The molecule has 6 unspecified atom stereocenters. The number of ketones is 1. The summed E-state index contributed by atoms with van der Waals surface area (Å²) in [5.74, 6) is -2.66. The van der Waals surface area contributed by atoms with E-state index in [9.17, 15) is 33.6 Å². The quantitative estimate of drug-likeness (QED) is 0.0287. The van der Waals surface area contributed by atoms with Gasteiger partial charge in [0.15, 0.2) is 5.78 Å². The maximum absolute atomic E-state index is 13.6. The molecule has 64 heavy (non-hydrogen) atoms. The van der Waals surface area contributed by atoms with Crippen LogP contribution in [0.3, 0.4) is 0 Å². The normalized spacial score (nSPS) is 14.5. The van der Waals surface area contributed by atoms with E-state index in [0.717, 1.165) is 32.1 Å². The van der Waals surface area contributed by atoms with Gasteiger partial charge >= 0.3 is 0 Å². The molecule has 0 bridgehead atoms. The average molecular weight is 913 g/mol. The van der Waals surface area contributed by atoms with E-state index >= 15 is 0 Å². The molecular weight excluding hydrogens is 825 g/mol. The Balaban J connectivity index is 5.38. The number of nitrogens with one attached hydrogen (secondary N) is 6. The summed E-state index contributed by atoms with van der Waals surface area (Å²) in [6, 6.07) is -5.61. The second-order valence-electron chi connectivity index (χ2n) is 16.7. The molecule has 0 aromatic rings. The summed E-state index contributed by atoms with van der Waals surface area (Å²) in [5.41, 5.74) is 46.3. The lowest BCUT2D eigenvalue weighted by Gasteiger charge is -2.24. The topological polar surface area (TPSA) is 400 Å². The first-order chi connectivity index (χ1) is 30.6. The molecule has 21 nitrogen and oxygen atoms in total. The maximum Gasteiger partial charge on any atom is 0.243 e. The van der Waals surface area contributed by atoms with Crippen molar-refractivity contribution in [3.63, 3.8) is 0 Å². The third-order valence-corrected chi connectivity index (χ3v) is 11.0. The van der Waals surface area contributed by atoms with Crippen molar-refractivity contribution in [2.75, 3.05) is 45.8 Å². The van der Waals surface area contributed by atoms with Gasteiger partial charge in [-0.15, -0.1) is 0 Å². The van der Waals surface area contributed by atoms with Crippen molar-refractivity contribution >= 4 is 41.2 Å². The Hall–Kier alpha value is -3.83. The van der Waals surface area contributed by atoms with Gasteiger partial charge in [-0.05, 0) is 142 Å². The number of hydrogen-bond donors (Lipinski definition) is 14. The number of unbranched alkanes of at least 4 members (excludes halogenated alkanes) is 7. The Morgan fingerprint density at radius 2 is 0.594 bits per heavy atom. The van der Waals surface area contributed by atoms with Gasteiger partial charge in [-0.25, -0.2) is 0 Å². The second kappa shape index (κ2) is 38.4. The smallest absolute Gasteiger partial charge is 0.243 e. The van der Waals surface area contributed by atoms with Crippen LogP contribution in [0.25, 0.3) is 0 Å². The van der Waals surface area contributed by atoms with Gasteiger partial charge < -0.3 is 77.8 Å². The predicted molar refractivity (Wildman–Crippen MR) is 251 cm³/mol. The van der Waals surface area contributed by atoms with Gasteiger partial charge in [0, 0.05) is 19.6 Å². The van der Waals surface area contributed by atoms with Crippen molar-refractivity contribution in [2.24, 2.45) is 45.9 Å². The lowest BCUT2D eigenvalue weighted by Crippen LogP contribution is -2.54. The lowest BCUT2D eigenvalue weighted by molar-refractivity contribution is -0.131. The summed E-state index contributed by atoms with van der Waals surface area (Å²) in [6.45, 7) is 4.31. The van der Waals surface area contributed by atoms with Crippen molar-refractivity contribution in [1.29, 1.82) is 0 Å². The highest BCUT2D eigenvalue weighted by molar-refractivity contribution is 5.93. The molecule has 0 aliphatic rings. The Morgan fingerprint density at radius 1 is 0.328 bits per heavy atom. The van der Waals surface area contributed by atoms with Crippen molar-refractivity contribution in [1.82, 2.24) is 31.9 Å². The van der Waals surface area contributed by atoms with Gasteiger partial charge in [0.2, 0.25) is 35.4 Å². The summed E-state index contributed by atoms with van der Waals surface area (Å²) >= 11 is 0. The molecule has 7 atom stereocenters. The van der Waals surface area contributed by atoms with Crippen LogP contribution in [0.15, 0.2) is 0 Å². The van der Waals surface area contributed by atoms with Gasteiger partial charge in [0.1, 0.15) is 12.1 Å². The standard InChI is InChI=1S/C43H88N14O7/c1-30(58)35(55-43(64)37(57-41(62)34(51)19-5-12-26-47)22-8-15-28-53-39(60)32(49)17-3-10-24-45)20-6-13-29-54-42(63)36(56-40(61)33(50)18-4-11-25-46)21-7-14-27-52-38(59)31(48)16-2-9-23-44/h31-37H,2-29,44-51H2,1H3,(H,52,59)(H,53,60)(H,54,63)(H,55,64)(H,56,61)(H,57,62)/t31?,32?,33?,34-,35?,36?,37?/m1/s1. The van der Waals surface area contributed by atoms with Crippen LogP contribution in [-0.4, -0.2) is 129 Å². The molecule has 0 aliphatic carbocycles. The number of carbonyl (C=O) groups excluding carboxylic acids is 7. The maximum atomic E-state index is 13.6. The molecule has 0 rings (SSSR count). The van der Waals surface area contributed by atoms with Crippen LogP contribution in [0.1, 0.15) is 142 Å². The summed E-state index contributed by atoms with van der Waals surface area (Å²) in [6.07, 6.45) is 11.5. The fourth-order valence-corrected chi connectivity index (χ4v) is 6.74. The predicted octanol–water partition coefficient (Wildman–Crippen LogP) is -2.29. The van der Waals surface area contributed by atoms with Gasteiger partial charge in [-0.2, -0.15) is 0 Å². The molecule has 0 radical (unpaired) electrons. The first kappa shape index (κ1) is 60.2. The van der Waals surface area contributed by atoms with Crippen LogP contribution in [0.5, 0.6) is 0 Å². The fraction of sp³-hybridized carbons (Fsp3) is 0.837. The minimum atomic E-state index is -0.982. The minimum absolute atomic E-state index is 0.233. The number of amides is 6. The van der Waals surface area contributed by atoms with Gasteiger partial charge in [-0.1, -0.05) is 25.7 Å². The molecule has 22 N–H and O–H groups in total. The second-order valence-corrected chi connectivity index (χ2v) is 16.7. The first-order valence-corrected chi connectivity index (χ1v) is 23.7. The third kappa shape index (κ3) is 29.6. The molecule has 0 saturated heterocycles. The Bertz CT molecular complexity index is 1330. The molecular formula is C43H88N14O7. The van der Waals surface area contributed by atoms with Crippen molar-refractivity contribution in [3.05, 3.63) is 0 Å². The Labute approximate surface area is 381 Å². The van der Waals surface area contributed by atoms with Gasteiger partial charge in [-0.3, -0.25) is 33.6 Å². The molecule has 0 saturated carbocycles. The highest BCUT2D eigenvalue weighted by Gasteiger charge is 2.27. The highest BCUT2D eigenvalue weighted by Crippen LogP contribution is 2.09. The molecule has 0 aromatic carbocycles. The first-order valence-electron chi connectivity index (χ1n) is 23.7. The molecule has 6 amide bonds. The van der Waals surface area contributed by atoms with E-state index in [2.05, 4.69) is 31.9 Å². The van der Waals surface area contributed by atoms with E-state index < -0.39 is 65.9 Å². The Morgan fingerprint density at radius 3 is 0.922 bits per heavy atom. The summed E-state index contributed by atoms with van der Waals surface area (Å²) in [5, 5.41) is 16.8. The van der Waals surface area contributed by atoms with E-state index in [4.69, 9.17) is 45.9 Å². The SMILES string of the molecule is CC(=O)C(CCCCNC(=O)C(CCCCNC(=O)C(N)CCCCN)NC(=O)C(N)CCCCN)NC(=O)C(CCCCNC(=O)C(N)CCCCN)NC(=O)[C@H](N)CCCCN.